The number of carbonyl (C=O) groups is 1. The van der Waals surface area contributed by atoms with E-state index in [0.29, 0.717) is 13.1 Å². The Morgan fingerprint density at radius 3 is 2.03 bits per heavy atom. The maximum atomic E-state index is 13.1. The quantitative estimate of drug-likeness (QED) is 0.620. The van der Waals surface area contributed by atoms with Crippen LogP contribution in [0, 0.1) is 0 Å². The lowest BCUT2D eigenvalue weighted by molar-refractivity contribution is -0.136. The van der Waals surface area contributed by atoms with Crippen LogP contribution in [0.25, 0.3) is 0 Å². The second kappa shape index (κ2) is 8.25. The van der Waals surface area contributed by atoms with Gasteiger partial charge < -0.3 is 20.3 Å². The molecule has 1 aliphatic heterocycles. The molecular formula is C23H38N4O2. The van der Waals surface area contributed by atoms with Crippen LogP contribution < -0.4 is 10.6 Å². The first kappa shape index (κ1) is 23.0. The summed E-state index contributed by atoms with van der Waals surface area (Å²) in [6.45, 7) is 18.9. The Hall–Kier alpha value is -2.24. The Balaban J connectivity index is 2.08. The normalized spacial score (nSPS) is 16.8. The zero-order valence-electron chi connectivity index (χ0n) is 19.4. The van der Waals surface area contributed by atoms with Gasteiger partial charge in [-0.05, 0) is 51.7 Å². The van der Waals surface area contributed by atoms with E-state index in [2.05, 4.69) is 54.9 Å². The van der Waals surface area contributed by atoms with Crippen molar-refractivity contribution in [2.24, 2.45) is 10.7 Å². The molecule has 0 saturated carbocycles. The number of aliphatic imine (C=N–C) groups is 1. The molecule has 1 saturated heterocycles. The fraction of sp³-hybridized carbons (Fsp3) is 0.652. The van der Waals surface area contributed by atoms with E-state index in [1.54, 1.807) is 13.8 Å². The van der Waals surface area contributed by atoms with E-state index in [-0.39, 0.29) is 17.3 Å². The average molecular weight is 403 g/mol. The molecule has 0 aromatic heterocycles. The molecule has 0 unspecified atom stereocenters. The van der Waals surface area contributed by atoms with Crippen molar-refractivity contribution in [2.45, 2.75) is 71.9 Å². The highest BCUT2D eigenvalue weighted by Gasteiger charge is 2.35. The molecule has 1 aromatic rings. The number of nitrogens with zero attached hydrogens (tertiary/aromatic N) is 3. The van der Waals surface area contributed by atoms with Gasteiger partial charge in [0.05, 0.1) is 0 Å². The van der Waals surface area contributed by atoms with Crippen molar-refractivity contribution in [3.8, 4) is 0 Å². The van der Waals surface area contributed by atoms with Crippen LogP contribution >= 0.6 is 0 Å². The first-order valence-electron chi connectivity index (χ1n) is 10.4. The Kier molecular flexibility index (Phi) is 6.55. The number of carbonyl (C=O) groups excluding carboxylic acids is 1. The number of anilines is 1. The molecule has 0 bridgehead atoms. The Morgan fingerprint density at radius 2 is 1.52 bits per heavy atom. The number of hydrogen-bond donors (Lipinski definition) is 1. The number of ether oxygens (including phenoxy) is 1. The minimum Gasteiger partial charge on any atom is -0.460 e. The number of para-hydroxylation sites is 1. The predicted octanol–water partition coefficient (Wildman–Crippen LogP) is 3.54. The van der Waals surface area contributed by atoms with Gasteiger partial charge in [-0.25, -0.2) is 4.99 Å². The van der Waals surface area contributed by atoms with Gasteiger partial charge in [0.25, 0.3) is 6.02 Å². The van der Waals surface area contributed by atoms with Crippen molar-refractivity contribution < 1.29 is 9.53 Å². The van der Waals surface area contributed by atoms with Gasteiger partial charge in [0, 0.05) is 31.9 Å². The van der Waals surface area contributed by atoms with Crippen molar-refractivity contribution in [1.82, 2.24) is 4.90 Å². The summed E-state index contributed by atoms with van der Waals surface area (Å²) in [5.41, 5.74) is 7.18. The van der Waals surface area contributed by atoms with Crippen molar-refractivity contribution in [1.29, 1.82) is 0 Å². The summed E-state index contributed by atoms with van der Waals surface area (Å²) in [5.74, 6) is -0.0262. The molecule has 0 atom stereocenters. The Labute approximate surface area is 176 Å². The molecule has 1 fully saturated rings. The predicted molar refractivity (Wildman–Crippen MR) is 120 cm³/mol. The number of amides is 1. The molecule has 6 nitrogen and oxygen atoms in total. The van der Waals surface area contributed by atoms with Gasteiger partial charge in [0.2, 0.25) is 5.91 Å². The van der Waals surface area contributed by atoms with Crippen LogP contribution in [-0.2, 0) is 14.9 Å². The molecule has 0 radical (unpaired) electrons. The van der Waals surface area contributed by atoms with Crippen LogP contribution in [0.15, 0.2) is 29.3 Å². The van der Waals surface area contributed by atoms with E-state index in [1.165, 1.54) is 11.3 Å². The van der Waals surface area contributed by atoms with Gasteiger partial charge in [-0.3, -0.25) is 4.79 Å². The van der Waals surface area contributed by atoms with Gasteiger partial charge in [-0.1, -0.05) is 39.0 Å². The molecule has 1 heterocycles. The molecular weight excluding hydrogens is 364 g/mol. The SMILES string of the molecule is CC(C)(C)OC(N)=NC(C)(C)C(=O)N1CCN(c2ccccc2C(C)(C)C)CC1. The van der Waals surface area contributed by atoms with E-state index < -0.39 is 11.1 Å². The van der Waals surface area contributed by atoms with Crippen molar-refractivity contribution in [3.05, 3.63) is 29.8 Å². The van der Waals surface area contributed by atoms with E-state index in [1.807, 2.05) is 25.7 Å². The molecule has 0 aliphatic carbocycles. The largest absolute Gasteiger partial charge is 0.460 e. The van der Waals surface area contributed by atoms with Crippen LogP contribution in [0.5, 0.6) is 0 Å². The van der Waals surface area contributed by atoms with Crippen molar-refractivity contribution >= 4 is 17.6 Å². The lowest BCUT2D eigenvalue weighted by Crippen LogP contribution is -2.54. The third-order valence-corrected chi connectivity index (χ3v) is 4.94. The number of rotatable bonds is 3. The van der Waals surface area contributed by atoms with Crippen LogP contribution in [0.4, 0.5) is 5.69 Å². The van der Waals surface area contributed by atoms with E-state index in [4.69, 9.17) is 10.5 Å². The topological polar surface area (TPSA) is 71.2 Å². The molecule has 162 valence electrons. The summed E-state index contributed by atoms with van der Waals surface area (Å²) >= 11 is 0. The molecule has 0 spiro atoms. The third kappa shape index (κ3) is 6.12. The minimum absolute atomic E-state index is 0.0262. The summed E-state index contributed by atoms with van der Waals surface area (Å²) in [6, 6.07) is 8.60. The zero-order chi connectivity index (χ0) is 22.0. The summed E-state index contributed by atoms with van der Waals surface area (Å²) in [4.78, 5) is 21.7. The van der Waals surface area contributed by atoms with Gasteiger partial charge >= 0.3 is 0 Å². The smallest absolute Gasteiger partial charge is 0.283 e. The molecule has 29 heavy (non-hydrogen) atoms. The Bertz CT molecular complexity index is 749. The molecule has 1 aromatic carbocycles. The second-order valence-electron chi connectivity index (χ2n) is 10.3. The molecule has 2 rings (SSSR count). The first-order valence-corrected chi connectivity index (χ1v) is 10.4. The summed E-state index contributed by atoms with van der Waals surface area (Å²) in [7, 11) is 0. The summed E-state index contributed by atoms with van der Waals surface area (Å²) in [6.07, 6.45) is 0. The van der Waals surface area contributed by atoms with Crippen LogP contribution in [-0.4, -0.2) is 54.1 Å². The van der Waals surface area contributed by atoms with Crippen molar-refractivity contribution in [2.75, 3.05) is 31.1 Å². The monoisotopic (exact) mass is 402 g/mol. The van der Waals surface area contributed by atoms with E-state index in [0.717, 1.165) is 13.1 Å². The van der Waals surface area contributed by atoms with Gasteiger partial charge in [0.15, 0.2) is 0 Å². The van der Waals surface area contributed by atoms with Crippen LogP contribution in [0.2, 0.25) is 0 Å². The lowest BCUT2D eigenvalue weighted by atomic mass is 9.85. The van der Waals surface area contributed by atoms with E-state index >= 15 is 0 Å². The minimum atomic E-state index is -0.958. The third-order valence-electron chi connectivity index (χ3n) is 4.94. The zero-order valence-corrected chi connectivity index (χ0v) is 19.4. The maximum absolute atomic E-state index is 13.1. The second-order valence-corrected chi connectivity index (χ2v) is 10.3. The van der Waals surface area contributed by atoms with Gasteiger partial charge in [-0.15, -0.1) is 0 Å². The number of nitrogens with two attached hydrogens (primary N) is 1. The van der Waals surface area contributed by atoms with Gasteiger partial charge in [0.1, 0.15) is 11.1 Å². The lowest BCUT2D eigenvalue weighted by Gasteiger charge is -2.40. The fourth-order valence-electron chi connectivity index (χ4n) is 3.58. The molecule has 2 N–H and O–H groups in total. The van der Waals surface area contributed by atoms with Gasteiger partial charge in [-0.2, -0.15) is 0 Å². The number of piperazine rings is 1. The highest BCUT2D eigenvalue weighted by atomic mass is 16.5. The summed E-state index contributed by atoms with van der Waals surface area (Å²) in [5, 5.41) is 0. The molecule has 1 aliphatic rings. The highest BCUT2D eigenvalue weighted by Crippen LogP contribution is 2.32. The standard InChI is InChI=1S/C23H38N4O2/c1-21(2,3)17-11-9-10-12-18(17)26-13-15-27(16-14-26)19(28)23(7,8)25-20(24)29-22(4,5)6/h9-12H,13-16H2,1-8H3,(H2,24,25). The molecule has 6 heteroatoms. The number of hydrogen-bond acceptors (Lipinski definition) is 4. The van der Waals surface area contributed by atoms with Crippen LogP contribution in [0.3, 0.4) is 0 Å². The first-order chi connectivity index (χ1) is 13.2. The number of benzene rings is 1. The van der Waals surface area contributed by atoms with Crippen molar-refractivity contribution in [3.63, 3.8) is 0 Å². The Morgan fingerprint density at radius 1 is 0.966 bits per heavy atom. The van der Waals surface area contributed by atoms with E-state index in [9.17, 15) is 4.79 Å². The maximum Gasteiger partial charge on any atom is 0.283 e. The highest BCUT2D eigenvalue weighted by molar-refractivity contribution is 5.88. The average Bonchev–Trinajstić information content (AvgIpc) is 2.58. The van der Waals surface area contributed by atoms with Crippen LogP contribution in [0.1, 0.15) is 61.0 Å². The number of amidine groups is 1. The summed E-state index contributed by atoms with van der Waals surface area (Å²) < 4.78 is 5.58. The fourth-order valence-corrected chi connectivity index (χ4v) is 3.58. The molecule has 1 amide bonds.